The number of carbonyl (C=O) groups is 1. The first-order chi connectivity index (χ1) is 8.65. The molecule has 1 heterocycles. The normalized spacial score (nSPS) is 19.3. The predicted octanol–water partition coefficient (Wildman–Crippen LogP) is 2.09. The molecule has 92 valence electrons. The molecule has 0 bridgehead atoms. The van der Waals surface area contributed by atoms with E-state index >= 15 is 0 Å². The number of thioether (sulfide) groups is 1. The van der Waals surface area contributed by atoms with Gasteiger partial charge in [-0.15, -0.1) is 11.8 Å². The molecule has 0 aromatic heterocycles. The third kappa shape index (κ3) is 2.34. The molecule has 2 N–H and O–H groups in total. The molecule has 0 saturated carbocycles. The fourth-order valence-corrected chi connectivity index (χ4v) is 2.63. The van der Waals surface area contributed by atoms with E-state index in [0.717, 1.165) is 5.56 Å². The number of rotatable bonds is 2. The minimum absolute atomic E-state index is 0.105. The molecule has 1 aliphatic heterocycles. The zero-order valence-electron chi connectivity index (χ0n) is 9.80. The second-order valence-corrected chi connectivity index (χ2v) is 4.78. The Hall–Kier alpha value is -1.93. The minimum Gasteiger partial charge on any atom is -0.508 e. The van der Waals surface area contributed by atoms with E-state index in [1.165, 1.54) is 11.8 Å². The second-order valence-electron chi connectivity index (χ2n) is 3.96. The molecule has 1 unspecified atom stereocenters. The second kappa shape index (κ2) is 5.15. The molecule has 18 heavy (non-hydrogen) atoms. The summed E-state index contributed by atoms with van der Waals surface area (Å²) in [5.41, 5.74) is 1.33. The van der Waals surface area contributed by atoms with Crippen LogP contribution in [0.5, 0.6) is 5.75 Å². The first kappa shape index (κ1) is 12.5. The zero-order valence-corrected chi connectivity index (χ0v) is 10.6. The predicted molar refractivity (Wildman–Crippen MR) is 69.8 cm³/mol. The topological polar surface area (TPSA) is 73.1 Å². The molecule has 0 fully saturated rings. The lowest BCUT2D eigenvalue weighted by atomic mass is 9.87. The molecular weight excluding hydrogens is 248 g/mol. The van der Waals surface area contributed by atoms with E-state index in [-0.39, 0.29) is 24.0 Å². The summed E-state index contributed by atoms with van der Waals surface area (Å²) in [5.74, 6) is -0.244. The van der Waals surface area contributed by atoms with Crippen LogP contribution in [0.3, 0.4) is 0 Å². The third-order valence-electron chi connectivity index (χ3n) is 2.83. The van der Waals surface area contributed by atoms with Crippen LogP contribution in [0.1, 0.15) is 17.9 Å². The molecule has 1 aromatic rings. The van der Waals surface area contributed by atoms with Crippen molar-refractivity contribution in [3.05, 3.63) is 40.4 Å². The van der Waals surface area contributed by atoms with E-state index in [4.69, 9.17) is 0 Å². The van der Waals surface area contributed by atoms with Crippen LogP contribution in [0.2, 0.25) is 0 Å². The molecule has 0 saturated heterocycles. The fraction of sp³-hybridized carbons (Fsp3) is 0.231. The summed E-state index contributed by atoms with van der Waals surface area (Å²) in [6, 6.07) is 8.85. The zero-order chi connectivity index (χ0) is 13.1. The number of nitrogens with zero attached hydrogens (tertiary/aromatic N) is 1. The number of aromatic hydroxyl groups is 1. The van der Waals surface area contributed by atoms with Crippen LogP contribution < -0.4 is 5.32 Å². The smallest absolute Gasteiger partial charge is 0.225 e. The highest BCUT2D eigenvalue weighted by Gasteiger charge is 2.29. The van der Waals surface area contributed by atoms with Gasteiger partial charge >= 0.3 is 0 Å². The Labute approximate surface area is 109 Å². The van der Waals surface area contributed by atoms with Crippen LogP contribution in [0, 0.1) is 11.3 Å². The molecule has 1 aliphatic rings. The number of phenols is 1. The summed E-state index contributed by atoms with van der Waals surface area (Å²) in [6.45, 7) is 0. The SMILES string of the molecule is CSC1=C(C#N)C(c2cccc(O)c2)CC(=O)N1. The summed E-state index contributed by atoms with van der Waals surface area (Å²) < 4.78 is 0. The van der Waals surface area contributed by atoms with Gasteiger partial charge in [-0.25, -0.2) is 0 Å². The molecule has 0 radical (unpaired) electrons. The van der Waals surface area contributed by atoms with Crippen molar-refractivity contribution in [1.82, 2.24) is 5.32 Å². The van der Waals surface area contributed by atoms with Crippen LogP contribution in [-0.2, 0) is 4.79 Å². The molecule has 1 amide bonds. The third-order valence-corrected chi connectivity index (χ3v) is 3.56. The Morgan fingerprint density at radius 2 is 2.33 bits per heavy atom. The standard InChI is InChI=1S/C13H12N2O2S/c1-18-13-11(7-14)10(6-12(17)15-13)8-3-2-4-9(16)5-8/h2-5,10,16H,6H2,1H3,(H,15,17). The highest BCUT2D eigenvalue weighted by atomic mass is 32.2. The maximum atomic E-state index is 11.6. The van der Waals surface area contributed by atoms with Crippen molar-refractivity contribution in [2.24, 2.45) is 0 Å². The van der Waals surface area contributed by atoms with Gasteiger partial charge in [-0.1, -0.05) is 12.1 Å². The van der Waals surface area contributed by atoms with Crippen molar-refractivity contribution < 1.29 is 9.90 Å². The van der Waals surface area contributed by atoms with Crippen molar-refractivity contribution in [2.45, 2.75) is 12.3 Å². The summed E-state index contributed by atoms with van der Waals surface area (Å²) >= 11 is 1.35. The van der Waals surface area contributed by atoms with E-state index in [9.17, 15) is 15.2 Å². The van der Waals surface area contributed by atoms with E-state index in [0.29, 0.717) is 10.6 Å². The quantitative estimate of drug-likeness (QED) is 0.854. The lowest BCUT2D eigenvalue weighted by Gasteiger charge is -2.24. The number of amides is 1. The van der Waals surface area contributed by atoms with E-state index in [2.05, 4.69) is 11.4 Å². The number of hydrogen-bond donors (Lipinski definition) is 2. The molecular formula is C13H12N2O2S. The lowest BCUT2D eigenvalue weighted by molar-refractivity contribution is -0.120. The monoisotopic (exact) mass is 260 g/mol. The van der Waals surface area contributed by atoms with E-state index < -0.39 is 0 Å². The summed E-state index contributed by atoms with van der Waals surface area (Å²) in [5, 5.41) is 22.0. The maximum absolute atomic E-state index is 11.6. The number of nitriles is 1. The summed E-state index contributed by atoms with van der Waals surface area (Å²) in [6.07, 6.45) is 2.05. The van der Waals surface area contributed by atoms with Crippen LogP contribution in [0.25, 0.3) is 0 Å². The number of benzene rings is 1. The maximum Gasteiger partial charge on any atom is 0.225 e. The van der Waals surface area contributed by atoms with Gasteiger partial charge in [0.1, 0.15) is 5.75 Å². The van der Waals surface area contributed by atoms with E-state index in [1.807, 2.05) is 12.3 Å². The van der Waals surface area contributed by atoms with Gasteiger partial charge in [0, 0.05) is 12.3 Å². The van der Waals surface area contributed by atoms with Crippen LogP contribution in [-0.4, -0.2) is 17.3 Å². The molecule has 5 heteroatoms. The van der Waals surface area contributed by atoms with Gasteiger partial charge in [0.25, 0.3) is 0 Å². The molecule has 4 nitrogen and oxygen atoms in total. The number of carbonyl (C=O) groups excluding carboxylic acids is 1. The van der Waals surface area contributed by atoms with Gasteiger partial charge < -0.3 is 10.4 Å². The Bertz CT molecular complexity index is 560. The van der Waals surface area contributed by atoms with E-state index in [1.54, 1.807) is 18.2 Å². The van der Waals surface area contributed by atoms with Crippen molar-refractivity contribution in [3.63, 3.8) is 0 Å². The van der Waals surface area contributed by atoms with Gasteiger partial charge in [-0.2, -0.15) is 5.26 Å². The number of phenolic OH excluding ortho intramolecular Hbond substituents is 1. The molecule has 0 aliphatic carbocycles. The Kier molecular flexibility index (Phi) is 3.58. The highest BCUT2D eigenvalue weighted by molar-refractivity contribution is 8.02. The van der Waals surface area contributed by atoms with Crippen molar-refractivity contribution in [3.8, 4) is 11.8 Å². The molecule has 1 aromatic carbocycles. The van der Waals surface area contributed by atoms with Gasteiger partial charge in [0.15, 0.2) is 0 Å². The van der Waals surface area contributed by atoms with Crippen LogP contribution >= 0.6 is 11.8 Å². The average Bonchev–Trinajstić information content (AvgIpc) is 2.37. The van der Waals surface area contributed by atoms with Gasteiger partial charge in [-0.05, 0) is 24.0 Å². The number of allylic oxidation sites excluding steroid dienone is 1. The Balaban J connectivity index is 2.48. The Morgan fingerprint density at radius 1 is 1.56 bits per heavy atom. The Morgan fingerprint density at radius 3 is 2.94 bits per heavy atom. The first-order valence-corrected chi connectivity index (χ1v) is 6.65. The number of hydrogen-bond acceptors (Lipinski definition) is 4. The molecule has 0 spiro atoms. The summed E-state index contributed by atoms with van der Waals surface area (Å²) in [4.78, 5) is 11.6. The minimum atomic E-state index is -0.279. The highest BCUT2D eigenvalue weighted by Crippen LogP contribution is 2.35. The van der Waals surface area contributed by atoms with Gasteiger partial charge in [-0.3, -0.25) is 4.79 Å². The summed E-state index contributed by atoms with van der Waals surface area (Å²) in [7, 11) is 0. The lowest BCUT2D eigenvalue weighted by Crippen LogP contribution is -2.30. The van der Waals surface area contributed by atoms with Crippen molar-refractivity contribution >= 4 is 17.7 Å². The van der Waals surface area contributed by atoms with Gasteiger partial charge in [0.05, 0.1) is 16.7 Å². The van der Waals surface area contributed by atoms with Crippen LogP contribution in [0.4, 0.5) is 0 Å². The van der Waals surface area contributed by atoms with Gasteiger partial charge in [0.2, 0.25) is 5.91 Å². The molecule has 1 atom stereocenters. The first-order valence-electron chi connectivity index (χ1n) is 5.42. The van der Waals surface area contributed by atoms with Crippen molar-refractivity contribution in [2.75, 3.05) is 6.26 Å². The fourth-order valence-electron chi connectivity index (χ4n) is 2.01. The van der Waals surface area contributed by atoms with Crippen LogP contribution in [0.15, 0.2) is 34.9 Å². The largest absolute Gasteiger partial charge is 0.508 e. The number of nitrogens with one attached hydrogen (secondary N) is 1. The van der Waals surface area contributed by atoms with Crippen molar-refractivity contribution in [1.29, 1.82) is 5.26 Å². The molecule has 2 rings (SSSR count). The average molecular weight is 260 g/mol.